The highest BCUT2D eigenvalue weighted by atomic mass is 79.9. The van der Waals surface area contributed by atoms with Crippen LogP contribution in [0.2, 0.25) is 0 Å². The number of fused-ring (bicyclic) bond motifs is 1. The first kappa shape index (κ1) is 12.8. The van der Waals surface area contributed by atoms with Crippen molar-refractivity contribution < 1.29 is 14.7 Å². The van der Waals surface area contributed by atoms with E-state index in [1.54, 1.807) is 18.2 Å². The van der Waals surface area contributed by atoms with Crippen molar-refractivity contribution in [2.45, 2.75) is 36.4 Å². The van der Waals surface area contributed by atoms with Gasteiger partial charge in [0.1, 0.15) is 5.78 Å². The molecule has 1 heterocycles. The van der Waals surface area contributed by atoms with Crippen LogP contribution < -0.4 is 0 Å². The highest BCUT2D eigenvalue weighted by molar-refractivity contribution is 9.10. The lowest BCUT2D eigenvalue weighted by molar-refractivity contribution is -0.121. The van der Waals surface area contributed by atoms with Gasteiger partial charge >= 0.3 is 0 Å². The number of nitrogens with zero attached hydrogens (tertiary/aromatic N) is 1. The van der Waals surface area contributed by atoms with Crippen molar-refractivity contribution in [3.05, 3.63) is 35.4 Å². The third kappa shape index (κ3) is 2.01. The lowest BCUT2D eigenvalue weighted by Crippen LogP contribution is -2.43. The van der Waals surface area contributed by atoms with E-state index in [1.807, 2.05) is 6.07 Å². The quantitative estimate of drug-likeness (QED) is 0.804. The molecular formula is C14H14BrNO3. The molecule has 0 bridgehead atoms. The van der Waals surface area contributed by atoms with Crippen LogP contribution in [0, 0.1) is 0 Å². The number of carbonyl (C=O) groups excluding carboxylic acids is 2. The van der Waals surface area contributed by atoms with E-state index in [4.69, 9.17) is 0 Å². The van der Waals surface area contributed by atoms with Gasteiger partial charge in [0.05, 0.1) is 4.83 Å². The van der Waals surface area contributed by atoms with Gasteiger partial charge in [-0.05, 0) is 18.9 Å². The summed E-state index contributed by atoms with van der Waals surface area (Å²) in [6.45, 7) is 0. The van der Waals surface area contributed by atoms with Crippen molar-refractivity contribution in [3.63, 3.8) is 0 Å². The molecule has 4 nitrogen and oxygen atoms in total. The van der Waals surface area contributed by atoms with Crippen molar-refractivity contribution in [1.29, 1.82) is 0 Å². The lowest BCUT2D eigenvalue weighted by atomic mass is 9.93. The number of aliphatic hydroxyl groups is 1. The Balaban J connectivity index is 1.88. The van der Waals surface area contributed by atoms with Crippen LogP contribution in [0.3, 0.4) is 0 Å². The second-order valence-electron chi connectivity index (χ2n) is 5.04. The van der Waals surface area contributed by atoms with Gasteiger partial charge in [-0.15, -0.1) is 0 Å². The molecule has 1 fully saturated rings. The van der Waals surface area contributed by atoms with Crippen LogP contribution in [0.15, 0.2) is 24.3 Å². The maximum Gasteiger partial charge on any atom is 0.256 e. The third-order valence-corrected chi connectivity index (χ3v) is 4.80. The number of carbonyl (C=O) groups is 2. The first-order chi connectivity index (χ1) is 9.09. The number of halogens is 1. The van der Waals surface area contributed by atoms with Crippen LogP contribution >= 0.6 is 15.9 Å². The Bertz CT molecular complexity index is 545. The predicted molar refractivity (Wildman–Crippen MR) is 72.9 cm³/mol. The molecule has 3 unspecified atom stereocenters. The SMILES string of the molecule is O=C1CCC(N2C(=O)c3ccccc3C2O)CC1Br. The molecule has 0 saturated heterocycles. The van der Waals surface area contributed by atoms with E-state index in [9.17, 15) is 14.7 Å². The van der Waals surface area contributed by atoms with Gasteiger partial charge in [-0.3, -0.25) is 9.59 Å². The molecule has 100 valence electrons. The van der Waals surface area contributed by atoms with Gasteiger partial charge < -0.3 is 10.0 Å². The minimum Gasteiger partial charge on any atom is -0.369 e. The number of alkyl halides is 1. The number of ketones is 1. The van der Waals surface area contributed by atoms with Gasteiger partial charge in [0.15, 0.2) is 6.23 Å². The minimum absolute atomic E-state index is 0.0861. The molecule has 3 atom stereocenters. The monoisotopic (exact) mass is 323 g/mol. The Morgan fingerprint density at radius 2 is 2.00 bits per heavy atom. The maximum atomic E-state index is 12.4. The van der Waals surface area contributed by atoms with Crippen LogP contribution in [0.5, 0.6) is 0 Å². The first-order valence-corrected chi connectivity index (χ1v) is 7.27. The highest BCUT2D eigenvalue weighted by Gasteiger charge is 2.42. The van der Waals surface area contributed by atoms with Gasteiger partial charge in [0, 0.05) is 23.6 Å². The van der Waals surface area contributed by atoms with Gasteiger partial charge in [-0.1, -0.05) is 34.1 Å². The molecule has 3 rings (SSSR count). The van der Waals surface area contributed by atoms with Gasteiger partial charge in [-0.25, -0.2) is 0 Å². The topological polar surface area (TPSA) is 57.6 Å². The molecule has 2 aliphatic rings. The molecular weight excluding hydrogens is 310 g/mol. The fraction of sp³-hybridized carbons (Fsp3) is 0.429. The van der Waals surface area contributed by atoms with Crippen molar-refractivity contribution in [2.24, 2.45) is 0 Å². The summed E-state index contributed by atoms with van der Waals surface area (Å²) in [7, 11) is 0. The number of benzene rings is 1. The largest absolute Gasteiger partial charge is 0.369 e. The highest BCUT2D eigenvalue weighted by Crippen LogP contribution is 2.37. The summed E-state index contributed by atoms with van der Waals surface area (Å²) in [6, 6.07) is 7.04. The Labute approximate surface area is 119 Å². The fourth-order valence-corrected chi connectivity index (χ4v) is 3.55. The van der Waals surface area contributed by atoms with Crippen molar-refractivity contribution in [3.8, 4) is 0 Å². The molecule has 19 heavy (non-hydrogen) atoms. The predicted octanol–water partition coefficient (Wildman–Crippen LogP) is 2.02. The number of Topliss-reactive ketones (excluding diaryl/α,β-unsaturated/α-hetero) is 1. The van der Waals surface area contributed by atoms with Gasteiger partial charge in [0.2, 0.25) is 0 Å². The van der Waals surface area contributed by atoms with Crippen molar-refractivity contribution in [1.82, 2.24) is 4.90 Å². The average Bonchev–Trinajstić information content (AvgIpc) is 2.66. The number of hydrogen-bond acceptors (Lipinski definition) is 3. The van der Waals surface area contributed by atoms with Gasteiger partial charge in [-0.2, -0.15) is 0 Å². The number of aliphatic hydroxyl groups excluding tert-OH is 1. The standard InChI is InChI=1S/C14H14BrNO3/c15-11-7-8(5-6-12(11)17)16-13(18)9-3-1-2-4-10(9)14(16)19/h1-4,8,11,13,18H,5-7H2. The maximum absolute atomic E-state index is 12.4. The second kappa shape index (κ2) is 4.72. The number of amides is 1. The molecule has 0 spiro atoms. The fourth-order valence-electron chi connectivity index (χ4n) is 2.89. The Morgan fingerprint density at radius 3 is 2.68 bits per heavy atom. The summed E-state index contributed by atoms with van der Waals surface area (Å²) >= 11 is 3.35. The Morgan fingerprint density at radius 1 is 1.26 bits per heavy atom. The summed E-state index contributed by atoms with van der Waals surface area (Å²) in [6.07, 6.45) is 0.752. The van der Waals surface area contributed by atoms with E-state index in [0.717, 1.165) is 0 Å². The molecule has 1 aromatic rings. The van der Waals surface area contributed by atoms with Crippen LogP contribution in [-0.2, 0) is 4.79 Å². The average molecular weight is 324 g/mol. The molecule has 1 aromatic carbocycles. The zero-order valence-corrected chi connectivity index (χ0v) is 11.8. The summed E-state index contributed by atoms with van der Waals surface area (Å²) in [5.74, 6) is 0.0389. The molecule has 1 N–H and O–H groups in total. The van der Waals surface area contributed by atoms with E-state index in [1.165, 1.54) is 4.90 Å². The molecule has 1 amide bonds. The molecule has 1 aliphatic carbocycles. The molecule has 0 radical (unpaired) electrons. The Kier molecular flexibility index (Phi) is 3.19. The minimum atomic E-state index is -0.887. The van der Waals surface area contributed by atoms with E-state index < -0.39 is 6.23 Å². The van der Waals surface area contributed by atoms with E-state index in [-0.39, 0.29) is 22.6 Å². The smallest absolute Gasteiger partial charge is 0.256 e. The second-order valence-corrected chi connectivity index (χ2v) is 6.14. The van der Waals surface area contributed by atoms with Crippen molar-refractivity contribution >= 4 is 27.6 Å². The van der Waals surface area contributed by atoms with Crippen LogP contribution in [0.1, 0.15) is 41.4 Å². The normalized spacial score (nSPS) is 30.6. The van der Waals surface area contributed by atoms with Gasteiger partial charge in [0.25, 0.3) is 5.91 Å². The van der Waals surface area contributed by atoms with Crippen molar-refractivity contribution in [2.75, 3.05) is 0 Å². The van der Waals surface area contributed by atoms with Crippen LogP contribution in [0.4, 0.5) is 0 Å². The van der Waals surface area contributed by atoms with Crippen LogP contribution in [-0.4, -0.2) is 32.6 Å². The van der Waals surface area contributed by atoms with Crippen LogP contribution in [0.25, 0.3) is 0 Å². The summed E-state index contributed by atoms with van der Waals surface area (Å²) in [5.41, 5.74) is 1.23. The lowest BCUT2D eigenvalue weighted by Gasteiger charge is -2.34. The number of rotatable bonds is 1. The third-order valence-electron chi connectivity index (χ3n) is 3.91. The molecule has 5 heteroatoms. The Hall–Kier alpha value is -1.20. The molecule has 0 aromatic heterocycles. The summed E-state index contributed by atoms with van der Waals surface area (Å²) in [4.78, 5) is 25.2. The zero-order chi connectivity index (χ0) is 13.6. The van der Waals surface area contributed by atoms with E-state index in [0.29, 0.717) is 30.4 Å². The molecule has 1 saturated carbocycles. The zero-order valence-electron chi connectivity index (χ0n) is 10.3. The van der Waals surface area contributed by atoms with E-state index in [2.05, 4.69) is 15.9 Å². The van der Waals surface area contributed by atoms with E-state index >= 15 is 0 Å². The first-order valence-electron chi connectivity index (χ1n) is 6.36. The summed E-state index contributed by atoms with van der Waals surface area (Å²) in [5, 5.41) is 10.3. The summed E-state index contributed by atoms with van der Waals surface area (Å²) < 4.78 is 0. The number of hydrogen-bond donors (Lipinski definition) is 1. The molecule has 1 aliphatic heterocycles.